The number of aliphatic hydroxyl groups excluding tert-OH is 1. The van der Waals surface area contributed by atoms with Crippen molar-refractivity contribution in [3.8, 4) is 5.75 Å². The summed E-state index contributed by atoms with van der Waals surface area (Å²) in [6.45, 7) is 0. The molecule has 1 aliphatic heterocycles. The first-order valence-electron chi connectivity index (χ1n) is 12.4. The molecule has 3 heterocycles. The highest BCUT2D eigenvalue weighted by Crippen LogP contribution is 2.44. The van der Waals surface area contributed by atoms with Crippen LogP contribution in [0.3, 0.4) is 0 Å². The highest BCUT2D eigenvalue weighted by molar-refractivity contribution is 8.00. The summed E-state index contributed by atoms with van der Waals surface area (Å²) in [5, 5.41) is 22.2. The summed E-state index contributed by atoms with van der Waals surface area (Å²) in [5.74, 6) is -2.40. The topological polar surface area (TPSA) is 106 Å². The first-order valence-corrected chi connectivity index (χ1v) is 14.2. The Morgan fingerprint density at radius 1 is 1.05 bits per heavy atom. The Hall–Kier alpha value is -4.61. The molecule has 204 valence electrons. The lowest BCUT2D eigenvalue weighted by molar-refractivity contribution is -0.132. The van der Waals surface area contributed by atoms with Gasteiger partial charge in [-0.25, -0.2) is 4.39 Å². The van der Waals surface area contributed by atoms with E-state index in [0.717, 1.165) is 22.4 Å². The number of anilines is 1. The van der Waals surface area contributed by atoms with Gasteiger partial charge in [0.1, 0.15) is 5.76 Å². The Bertz CT molecular complexity index is 1820. The molecule has 3 aromatic carbocycles. The number of amides is 1. The fraction of sp³-hybridized carbons (Fsp3) is 0.100. The van der Waals surface area contributed by atoms with Crippen LogP contribution in [-0.2, 0) is 15.3 Å². The molecule has 0 saturated carbocycles. The Morgan fingerprint density at radius 3 is 2.61 bits per heavy atom. The molecule has 0 bridgehead atoms. The van der Waals surface area contributed by atoms with Gasteiger partial charge in [-0.1, -0.05) is 65.6 Å². The quantitative estimate of drug-likeness (QED) is 0.0798. The molecule has 0 radical (unpaired) electrons. The number of fused-ring (bicyclic) bond motifs is 1. The van der Waals surface area contributed by atoms with Gasteiger partial charge in [0.25, 0.3) is 5.78 Å². The largest absolute Gasteiger partial charge is 0.507 e. The van der Waals surface area contributed by atoms with Crippen molar-refractivity contribution in [3.63, 3.8) is 0 Å². The summed E-state index contributed by atoms with van der Waals surface area (Å²) in [6, 6.07) is 20.3. The summed E-state index contributed by atoms with van der Waals surface area (Å²) in [4.78, 5) is 32.0. The minimum Gasteiger partial charge on any atom is -0.507 e. The van der Waals surface area contributed by atoms with Crippen molar-refractivity contribution in [1.29, 1.82) is 0 Å². The van der Waals surface area contributed by atoms with E-state index in [2.05, 4.69) is 39.4 Å². The van der Waals surface area contributed by atoms with Gasteiger partial charge in [-0.2, -0.15) is 0 Å². The Morgan fingerprint density at radius 2 is 1.83 bits per heavy atom. The molecule has 1 N–H and O–H groups in total. The zero-order valence-corrected chi connectivity index (χ0v) is 23.2. The number of nitrogens with zero attached hydrogens (tertiary/aromatic N) is 4. The van der Waals surface area contributed by atoms with E-state index in [1.807, 2.05) is 18.2 Å². The Kier molecular flexibility index (Phi) is 7.21. The molecule has 6 rings (SSSR count). The third-order valence-corrected chi connectivity index (χ3v) is 8.83. The van der Waals surface area contributed by atoms with Gasteiger partial charge in [-0.3, -0.25) is 19.5 Å². The van der Waals surface area contributed by atoms with E-state index >= 15 is 0 Å². The number of aliphatic hydroxyl groups is 1. The smallest absolute Gasteiger partial charge is 0.301 e. The molecule has 0 spiro atoms. The van der Waals surface area contributed by atoms with Crippen molar-refractivity contribution in [3.05, 3.63) is 113 Å². The number of Topliss-reactive ketones (excluding diaryl/α,β-unsaturated/α-hetero) is 1. The highest BCUT2D eigenvalue weighted by atomic mass is 32.2. The van der Waals surface area contributed by atoms with E-state index in [-0.39, 0.29) is 22.0 Å². The number of ketones is 1. The van der Waals surface area contributed by atoms with Crippen molar-refractivity contribution in [1.82, 2.24) is 15.2 Å². The second-order valence-corrected chi connectivity index (χ2v) is 11.3. The van der Waals surface area contributed by atoms with Gasteiger partial charge >= 0.3 is 5.91 Å². The molecule has 41 heavy (non-hydrogen) atoms. The van der Waals surface area contributed by atoms with E-state index < -0.39 is 29.3 Å². The maximum absolute atomic E-state index is 14.5. The van der Waals surface area contributed by atoms with Gasteiger partial charge < -0.3 is 9.84 Å². The average Bonchev–Trinajstić information content (AvgIpc) is 3.57. The zero-order chi connectivity index (χ0) is 28.5. The molecule has 5 aromatic rings. The molecular formula is C30H21FN4O4S2. The molecular weight excluding hydrogens is 563 g/mol. The van der Waals surface area contributed by atoms with Gasteiger partial charge in [-0.05, 0) is 52.2 Å². The molecule has 1 aliphatic rings. The van der Waals surface area contributed by atoms with Crippen LogP contribution in [-0.4, -0.2) is 39.1 Å². The summed E-state index contributed by atoms with van der Waals surface area (Å²) in [7, 11) is 1.32. The lowest BCUT2D eigenvalue weighted by Gasteiger charge is -2.22. The molecule has 1 unspecified atom stereocenters. The number of hydrogen-bond donors (Lipinski definition) is 1. The number of benzene rings is 3. The number of carbonyl (C=O) groups excluding carboxylic acids is 2. The zero-order valence-electron chi connectivity index (χ0n) is 21.5. The number of pyridine rings is 1. The minimum absolute atomic E-state index is 0.0184. The maximum atomic E-state index is 14.5. The monoisotopic (exact) mass is 584 g/mol. The van der Waals surface area contributed by atoms with Crippen LogP contribution in [0, 0.1) is 5.82 Å². The van der Waals surface area contributed by atoms with Crippen molar-refractivity contribution >= 4 is 56.5 Å². The predicted molar refractivity (Wildman–Crippen MR) is 155 cm³/mol. The number of methoxy groups -OCH3 is 1. The molecule has 11 heteroatoms. The summed E-state index contributed by atoms with van der Waals surface area (Å²) in [5.41, 5.74) is 1.50. The van der Waals surface area contributed by atoms with Crippen LogP contribution in [0.5, 0.6) is 5.75 Å². The summed E-state index contributed by atoms with van der Waals surface area (Å²) >= 11 is 2.65. The highest BCUT2D eigenvalue weighted by Gasteiger charge is 2.48. The molecule has 8 nitrogen and oxygen atoms in total. The SMILES string of the molecule is COc1ccc(C(O)=C2C(=O)C(=O)N(c3nnc(SCc4cccc5ccccc45)s3)C2c2ccncc2)cc1F. The van der Waals surface area contributed by atoms with Crippen molar-refractivity contribution in [2.24, 2.45) is 0 Å². The Balaban J connectivity index is 1.36. The molecule has 0 aliphatic carbocycles. The summed E-state index contributed by atoms with van der Waals surface area (Å²) in [6.07, 6.45) is 3.04. The minimum atomic E-state index is -1.02. The van der Waals surface area contributed by atoms with E-state index in [0.29, 0.717) is 15.7 Å². The first kappa shape index (κ1) is 26.6. The van der Waals surface area contributed by atoms with Crippen LogP contribution in [0.2, 0.25) is 0 Å². The molecule has 1 saturated heterocycles. The average molecular weight is 585 g/mol. The number of rotatable bonds is 7. The van der Waals surface area contributed by atoms with Crippen LogP contribution in [0.15, 0.2) is 95.1 Å². The van der Waals surface area contributed by atoms with Gasteiger partial charge in [0.15, 0.2) is 15.9 Å². The second-order valence-electron chi connectivity index (χ2n) is 9.08. The number of hydrogen-bond acceptors (Lipinski definition) is 9. The lowest BCUT2D eigenvalue weighted by atomic mass is 9.96. The van der Waals surface area contributed by atoms with E-state index in [1.54, 1.807) is 12.1 Å². The fourth-order valence-electron chi connectivity index (χ4n) is 4.78. The van der Waals surface area contributed by atoms with E-state index in [1.165, 1.54) is 59.6 Å². The molecule has 2 aromatic heterocycles. The number of carbonyl (C=O) groups is 2. The van der Waals surface area contributed by atoms with E-state index in [4.69, 9.17) is 4.74 Å². The first-order chi connectivity index (χ1) is 20.0. The third-order valence-electron chi connectivity index (χ3n) is 6.72. The van der Waals surface area contributed by atoms with Crippen LogP contribution in [0.1, 0.15) is 22.7 Å². The normalized spacial score (nSPS) is 16.4. The molecule has 1 amide bonds. The molecule has 1 atom stereocenters. The van der Waals surface area contributed by atoms with Crippen molar-refractivity contribution < 1.29 is 23.8 Å². The number of aromatic nitrogens is 3. The van der Waals surface area contributed by atoms with Crippen LogP contribution in [0.25, 0.3) is 16.5 Å². The van der Waals surface area contributed by atoms with Crippen LogP contribution in [0.4, 0.5) is 9.52 Å². The van der Waals surface area contributed by atoms with Crippen LogP contribution >= 0.6 is 23.1 Å². The fourth-order valence-corrected chi connectivity index (χ4v) is 6.65. The van der Waals surface area contributed by atoms with Gasteiger partial charge in [0.2, 0.25) is 5.13 Å². The number of thioether (sulfide) groups is 1. The lowest BCUT2D eigenvalue weighted by Crippen LogP contribution is -2.29. The Labute approximate surface area is 242 Å². The predicted octanol–water partition coefficient (Wildman–Crippen LogP) is 6.15. The van der Waals surface area contributed by atoms with Gasteiger partial charge in [-0.15, -0.1) is 10.2 Å². The molecule has 1 fully saturated rings. The summed E-state index contributed by atoms with van der Waals surface area (Å²) < 4.78 is 20.0. The number of halogens is 1. The maximum Gasteiger partial charge on any atom is 0.301 e. The van der Waals surface area contributed by atoms with Gasteiger partial charge in [0, 0.05) is 23.7 Å². The van der Waals surface area contributed by atoms with E-state index in [9.17, 15) is 19.1 Å². The van der Waals surface area contributed by atoms with Crippen molar-refractivity contribution in [2.45, 2.75) is 16.1 Å². The third kappa shape index (κ3) is 4.94. The van der Waals surface area contributed by atoms with Gasteiger partial charge in [0.05, 0.1) is 18.7 Å². The van der Waals surface area contributed by atoms with Crippen molar-refractivity contribution in [2.75, 3.05) is 12.0 Å². The van der Waals surface area contributed by atoms with Crippen LogP contribution < -0.4 is 9.64 Å². The standard InChI is InChI=1S/C30H21FN4O4S2/c1-39-23-10-9-19(15-22(23)31)26(36)24-25(18-11-13-32-14-12-18)35(28(38)27(24)37)29-33-34-30(41-29)40-16-20-7-4-6-17-5-2-3-8-21(17)20/h2-15,25,36H,16H2,1H3. The number of ether oxygens (including phenoxy) is 1. The second kappa shape index (κ2) is 11.1.